The Morgan fingerprint density at radius 2 is 2.06 bits per heavy atom. The largest absolute Gasteiger partial charge is 0.448 e. The van der Waals surface area contributed by atoms with Crippen LogP contribution in [0, 0.1) is 11.3 Å². The molecule has 1 rings (SSSR count). The number of carbonyl (C=O) groups is 2. The summed E-state index contributed by atoms with van der Waals surface area (Å²) >= 11 is 0. The van der Waals surface area contributed by atoms with Gasteiger partial charge in [-0.05, 0) is 5.56 Å². The standard InChI is InChI=1S/C12H13N3O3/c13-8-10(9-4-2-1-3-5-9)11(16)15-6-7-18-12(14)17/h1-5,10H,6-7H2,(H2,14,17)(H,15,16). The Kier molecular flexibility index (Phi) is 5.19. The van der Waals surface area contributed by atoms with E-state index in [1.54, 1.807) is 30.3 Å². The molecule has 1 unspecified atom stereocenters. The molecule has 2 amide bonds. The van der Waals surface area contributed by atoms with Crippen LogP contribution < -0.4 is 11.1 Å². The second-order valence-electron chi connectivity index (χ2n) is 3.43. The number of hydrogen-bond donors (Lipinski definition) is 2. The molecule has 0 saturated carbocycles. The smallest absolute Gasteiger partial charge is 0.404 e. The fraction of sp³-hybridized carbons (Fsp3) is 0.250. The maximum Gasteiger partial charge on any atom is 0.404 e. The maximum atomic E-state index is 11.7. The summed E-state index contributed by atoms with van der Waals surface area (Å²) in [4.78, 5) is 22.0. The maximum absolute atomic E-state index is 11.7. The molecule has 0 fully saturated rings. The molecule has 1 aromatic carbocycles. The molecule has 0 saturated heterocycles. The van der Waals surface area contributed by atoms with E-state index >= 15 is 0 Å². The minimum absolute atomic E-state index is 0.0198. The molecule has 94 valence electrons. The Bertz CT molecular complexity index is 453. The number of hydrogen-bond acceptors (Lipinski definition) is 4. The van der Waals surface area contributed by atoms with E-state index in [9.17, 15) is 9.59 Å². The first-order chi connectivity index (χ1) is 8.65. The van der Waals surface area contributed by atoms with E-state index < -0.39 is 17.9 Å². The number of rotatable bonds is 5. The highest BCUT2D eigenvalue weighted by Crippen LogP contribution is 2.14. The Balaban J connectivity index is 2.49. The Morgan fingerprint density at radius 1 is 1.39 bits per heavy atom. The molecule has 0 aliphatic carbocycles. The van der Waals surface area contributed by atoms with E-state index in [2.05, 4.69) is 10.1 Å². The molecule has 0 radical (unpaired) electrons. The molecule has 0 aliphatic rings. The van der Waals surface area contributed by atoms with Crippen LogP contribution in [0.3, 0.4) is 0 Å². The predicted octanol–water partition coefficient (Wildman–Crippen LogP) is 0.505. The van der Waals surface area contributed by atoms with Gasteiger partial charge in [-0.2, -0.15) is 5.26 Å². The summed E-state index contributed by atoms with van der Waals surface area (Å²) in [6.45, 7) is 0.0980. The highest BCUT2D eigenvalue weighted by atomic mass is 16.5. The van der Waals surface area contributed by atoms with E-state index in [1.807, 2.05) is 6.07 Å². The third-order valence-corrected chi connectivity index (χ3v) is 2.17. The molecule has 0 heterocycles. The van der Waals surface area contributed by atoms with Crippen LogP contribution in [0.4, 0.5) is 4.79 Å². The highest BCUT2D eigenvalue weighted by molar-refractivity contribution is 5.86. The number of nitrogens with one attached hydrogen (secondary N) is 1. The van der Waals surface area contributed by atoms with E-state index in [-0.39, 0.29) is 13.2 Å². The molecular weight excluding hydrogens is 234 g/mol. The Labute approximate surface area is 104 Å². The summed E-state index contributed by atoms with van der Waals surface area (Å²) in [5.74, 6) is -1.31. The fourth-order valence-electron chi connectivity index (χ4n) is 1.36. The average Bonchev–Trinajstić information content (AvgIpc) is 2.36. The lowest BCUT2D eigenvalue weighted by Crippen LogP contribution is -2.32. The van der Waals surface area contributed by atoms with Crippen molar-refractivity contribution in [2.45, 2.75) is 5.92 Å². The molecule has 18 heavy (non-hydrogen) atoms. The summed E-state index contributed by atoms with van der Waals surface area (Å²) in [5, 5.41) is 11.5. The normalized spacial score (nSPS) is 11.1. The van der Waals surface area contributed by atoms with Gasteiger partial charge in [0.1, 0.15) is 12.5 Å². The van der Waals surface area contributed by atoms with Crippen molar-refractivity contribution in [3.05, 3.63) is 35.9 Å². The lowest BCUT2D eigenvalue weighted by molar-refractivity contribution is -0.121. The lowest BCUT2D eigenvalue weighted by atomic mass is 10.00. The van der Waals surface area contributed by atoms with Crippen LogP contribution in [-0.4, -0.2) is 25.2 Å². The van der Waals surface area contributed by atoms with Gasteiger partial charge < -0.3 is 15.8 Å². The third-order valence-electron chi connectivity index (χ3n) is 2.17. The molecular formula is C12H13N3O3. The van der Waals surface area contributed by atoms with Crippen LogP contribution in [0.15, 0.2) is 30.3 Å². The second-order valence-corrected chi connectivity index (χ2v) is 3.43. The summed E-state index contributed by atoms with van der Waals surface area (Å²) in [6, 6.07) is 10.6. The highest BCUT2D eigenvalue weighted by Gasteiger charge is 2.19. The zero-order chi connectivity index (χ0) is 13.4. The number of amides is 2. The molecule has 0 aliphatic heterocycles. The van der Waals surface area contributed by atoms with Crippen LogP contribution in [0.5, 0.6) is 0 Å². The van der Waals surface area contributed by atoms with E-state index in [1.165, 1.54) is 0 Å². The number of carbonyl (C=O) groups excluding carboxylic acids is 2. The monoisotopic (exact) mass is 247 g/mol. The quantitative estimate of drug-likeness (QED) is 0.739. The molecule has 6 nitrogen and oxygen atoms in total. The van der Waals surface area contributed by atoms with Gasteiger partial charge in [-0.15, -0.1) is 0 Å². The van der Waals surface area contributed by atoms with Gasteiger partial charge in [0.15, 0.2) is 0 Å². The number of nitriles is 1. The Morgan fingerprint density at radius 3 is 2.61 bits per heavy atom. The number of ether oxygens (including phenoxy) is 1. The number of primary amides is 1. The number of nitrogens with zero attached hydrogens (tertiary/aromatic N) is 1. The Hall–Kier alpha value is -2.55. The average molecular weight is 247 g/mol. The fourth-order valence-corrected chi connectivity index (χ4v) is 1.36. The van der Waals surface area contributed by atoms with Gasteiger partial charge >= 0.3 is 6.09 Å². The van der Waals surface area contributed by atoms with Crippen LogP contribution in [0.25, 0.3) is 0 Å². The SMILES string of the molecule is N#CC(C(=O)NCCOC(N)=O)c1ccccc1. The van der Waals surface area contributed by atoms with Crippen LogP contribution in [-0.2, 0) is 9.53 Å². The van der Waals surface area contributed by atoms with Crippen molar-refractivity contribution in [1.82, 2.24) is 5.32 Å². The first kappa shape index (κ1) is 13.5. The summed E-state index contributed by atoms with van der Waals surface area (Å²) in [6.07, 6.45) is -0.899. The molecule has 1 atom stereocenters. The van der Waals surface area contributed by atoms with Gasteiger partial charge in [0, 0.05) is 0 Å². The molecule has 0 spiro atoms. The van der Waals surface area contributed by atoms with Crippen molar-refractivity contribution in [2.75, 3.05) is 13.2 Å². The van der Waals surface area contributed by atoms with E-state index in [4.69, 9.17) is 11.0 Å². The van der Waals surface area contributed by atoms with E-state index in [0.717, 1.165) is 0 Å². The topological polar surface area (TPSA) is 105 Å². The van der Waals surface area contributed by atoms with Crippen LogP contribution >= 0.6 is 0 Å². The van der Waals surface area contributed by atoms with Crippen molar-refractivity contribution in [2.24, 2.45) is 5.73 Å². The second kappa shape index (κ2) is 6.91. The van der Waals surface area contributed by atoms with Gasteiger partial charge in [-0.25, -0.2) is 4.79 Å². The van der Waals surface area contributed by atoms with Crippen molar-refractivity contribution < 1.29 is 14.3 Å². The summed E-state index contributed by atoms with van der Waals surface area (Å²) < 4.78 is 4.45. The van der Waals surface area contributed by atoms with E-state index in [0.29, 0.717) is 5.56 Å². The molecule has 6 heteroatoms. The minimum Gasteiger partial charge on any atom is -0.448 e. The molecule has 1 aromatic rings. The predicted molar refractivity (Wildman–Crippen MR) is 63.3 cm³/mol. The van der Waals surface area contributed by atoms with Gasteiger partial charge in [-0.3, -0.25) is 4.79 Å². The zero-order valence-corrected chi connectivity index (χ0v) is 9.63. The summed E-state index contributed by atoms with van der Waals surface area (Å²) in [7, 11) is 0. The molecule has 3 N–H and O–H groups in total. The van der Waals surface area contributed by atoms with Gasteiger partial charge in [-0.1, -0.05) is 30.3 Å². The molecule has 0 aromatic heterocycles. The number of benzene rings is 1. The van der Waals surface area contributed by atoms with Crippen LogP contribution in [0.2, 0.25) is 0 Å². The lowest BCUT2D eigenvalue weighted by Gasteiger charge is -2.10. The summed E-state index contributed by atoms with van der Waals surface area (Å²) in [5.41, 5.74) is 5.38. The van der Waals surface area contributed by atoms with Gasteiger partial charge in [0.25, 0.3) is 0 Å². The van der Waals surface area contributed by atoms with Gasteiger partial charge in [0.2, 0.25) is 5.91 Å². The zero-order valence-electron chi connectivity index (χ0n) is 9.63. The number of nitrogens with two attached hydrogens (primary N) is 1. The third kappa shape index (κ3) is 4.14. The van der Waals surface area contributed by atoms with Gasteiger partial charge in [0.05, 0.1) is 12.6 Å². The van der Waals surface area contributed by atoms with Crippen molar-refractivity contribution >= 4 is 12.0 Å². The van der Waals surface area contributed by atoms with Crippen molar-refractivity contribution in [1.29, 1.82) is 5.26 Å². The van der Waals surface area contributed by atoms with Crippen LogP contribution in [0.1, 0.15) is 11.5 Å². The first-order valence-corrected chi connectivity index (χ1v) is 5.29. The van der Waals surface area contributed by atoms with Crippen molar-refractivity contribution in [3.63, 3.8) is 0 Å². The van der Waals surface area contributed by atoms with Crippen molar-refractivity contribution in [3.8, 4) is 6.07 Å². The minimum atomic E-state index is -0.899. The molecule has 0 bridgehead atoms. The first-order valence-electron chi connectivity index (χ1n) is 5.29.